The summed E-state index contributed by atoms with van der Waals surface area (Å²) in [5, 5.41) is 11.4. The number of aryl methyl sites for hydroxylation is 4. The van der Waals surface area contributed by atoms with E-state index in [-0.39, 0.29) is 0 Å². The molecule has 0 atom stereocenters. The molecule has 0 radical (unpaired) electrons. The van der Waals surface area contributed by atoms with E-state index in [1.807, 2.05) is 26.0 Å². The van der Waals surface area contributed by atoms with Gasteiger partial charge in [-0.1, -0.05) is 29.8 Å². The van der Waals surface area contributed by atoms with Crippen LogP contribution in [0.25, 0.3) is 27.7 Å². The summed E-state index contributed by atoms with van der Waals surface area (Å²) < 4.78 is 7.88. The summed E-state index contributed by atoms with van der Waals surface area (Å²) in [6.45, 7) is 11.1. The summed E-state index contributed by atoms with van der Waals surface area (Å²) in [7, 11) is 0. The molecule has 0 aliphatic heterocycles. The molecule has 0 fully saturated rings. The molecule has 4 nitrogen and oxygen atoms in total. The Morgan fingerprint density at radius 1 is 0.786 bits per heavy atom. The van der Waals surface area contributed by atoms with Gasteiger partial charge in [-0.15, -0.1) is 5.10 Å². The van der Waals surface area contributed by atoms with Crippen molar-refractivity contribution < 1.29 is 4.74 Å². The van der Waals surface area contributed by atoms with Gasteiger partial charge in [0, 0.05) is 33.4 Å². The van der Waals surface area contributed by atoms with E-state index in [9.17, 15) is 0 Å². The molecule has 0 N–H and O–H groups in total. The molecule has 2 aromatic carbocycles. The lowest BCUT2D eigenvalue weighted by Gasteiger charge is -2.11. The number of hydrogen-bond donors (Lipinski definition) is 0. The second-order valence-electron chi connectivity index (χ2n) is 7.18. The SMILES string of the molecule is CCOc1ccc(-n2c(C)c3c(C)nnc(-c4ccc(C)cc4)c3c2C)cc1. The monoisotopic (exact) mass is 371 g/mol. The molecule has 4 rings (SSSR count). The maximum Gasteiger partial charge on any atom is 0.119 e. The van der Waals surface area contributed by atoms with Crippen molar-refractivity contribution >= 4 is 10.8 Å². The zero-order valence-corrected chi connectivity index (χ0v) is 17.1. The van der Waals surface area contributed by atoms with Crippen LogP contribution in [0.15, 0.2) is 48.5 Å². The van der Waals surface area contributed by atoms with Gasteiger partial charge in [-0.05, 0) is 58.9 Å². The molecule has 0 saturated heterocycles. The van der Waals surface area contributed by atoms with Gasteiger partial charge in [-0.3, -0.25) is 0 Å². The fourth-order valence-corrected chi connectivity index (χ4v) is 3.95. The first kappa shape index (κ1) is 18.2. The van der Waals surface area contributed by atoms with Crippen molar-refractivity contribution in [3.63, 3.8) is 0 Å². The molecule has 4 aromatic rings. The minimum atomic E-state index is 0.668. The van der Waals surface area contributed by atoms with Gasteiger partial charge in [0.1, 0.15) is 11.4 Å². The van der Waals surface area contributed by atoms with Crippen molar-refractivity contribution in [3.8, 4) is 22.7 Å². The Morgan fingerprint density at radius 3 is 2.07 bits per heavy atom. The van der Waals surface area contributed by atoms with E-state index in [0.717, 1.165) is 28.4 Å². The van der Waals surface area contributed by atoms with E-state index in [1.54, 1.807) is 0 Å². The van der Waals surface area contributed by atoms with Crippen LogP contribution in [0.2, 0.25) is 0 Å². The number of fused-ring (bicyclic) bond motifs is 1. The number of ether oxygens (including phenoxy) is 1. The Hall–Kier alpha value is -3.14. The number of benzene rings is 2. The molecule has 2 aromatic heterocycles. The molecular weight excluding hydrogens is 346 g/mol. The number of rotatable bonds is 4. The van der Waals surface area contributed by atoms with Crippen LogP contribution in [0, 0.1) is 27.7 Å². The number of aromatic nitrogens is 3. The predicted molar refractivity (Wildman–Crippen MR) is 114 cm³/mol. The van der Waals surface area contributed by atoms with Gasteiger partial charge in [0.05, 0.1) is 12.3 Å². The van der Waals surface area contributed by atoms with Gasteiger partial charge in [-0.25, -0.2) is 0 Å². The maximum atomic E-state index is 5.59. The van der Waals surface area contributed by atoms with Gasteiger partial charge in [0.2, 0.25) is 0 Å². The first-order valence-corrected chi connectivity index (χ1v) is 9.66. The Morgan fingerprint density at radius 2 is 1.43 bits per heavy atom. The van der Waals surface area contributed by atoms with Crippen LogP contribution in [0.3, 0.4) is 0 Å². The second-order valence-corrected chi connectivity index (χ2v) is 7.18. The van der Waals surface area contributed by atoms with Crippen molar-refractivity contribution in [1.29, 1.82) is 0 Å². The largest absolute Gasteiger partial charge is 0.494 e. The van der Waals surface area contributed by atoms with Gasteiger partial charge < -0.3 is 9.30 Å². The lowest BCUT2D eigenvalue weighted by atomic mass is 10.0. The third-order valence-corrected chi connectivity index (χ3v) is 5.27. The smallest absolute Gasteiger partial charge is 0.119 e. The lowest BCUT2D eigenvalue weighted by molar-refractivity contribution is 0.340. The lowest BCUT2D eigenvalue weighted by Crippen LogP contribution is -1.99. The van der Waals surface area contributed by atoms with Crippen LogP contribution >= 0.6 is 0 Å². The van der Waals surface area contributed by atoms with E-state index in [2.05, 4.69) is 71.9 Å². The highest BCUT2D eigenvalue weighted by Gasteiger charge is 2.20. The molecule has 0 aliphatic carbocycles. The van der Waals surface area contributed by atoms with E-state index in [0.29, 0.717) is 6.61 Å². The van der Waals surface area contributed by atoms with Crippen molar-refractivity contribution in [2.45, 2.75) is 34.6 Å². The molecular formula is C24H25N3O. The summed E-state index contributed by atoms with van der Waals surface area (Å²) in [4.78, 5) is 0. The zero-order valence-electron chi connectivity index (χ0n) is 17.1. The van der Waals surface area contributed by atoms with E-state index in [4.69, 9.17) is 4.74 Å². The fraction of sp³-hybridized carbons (Fsp3) is 0.250. The first-order chi connectivity index (χ1) is 13.5. The minimum absolute atomic E-state index is 0.668. The zero-order chi connectivity index (χ0) is 19.8. The number of hydrogen-bond acceptors (Lipinski definition) is 3. The third kappa shape index (κ3) is 2.95. The van der Waals surface area contributed by atoms with Crippen LogP contribution in [-0.4, -0.2) is 21.4 Å². The Kier molecular flexibility index (Phi) is 4.63. The highest BCUT2D eigenvalue weighted by atomic mass is 16.5. The van der Waals surface area contributed by atoms with E-state index < -0.39 is 0 Å². The molecule has 4 heteroatoms. The first-order valence-electron chi connectivity index (χ1n) is 9.66. The van der Waals surface area contributed by atoms with Crippen LogP contribution in [0.5, 0.6) is 5.75 Å². The fourth-order valence-electron chi connectivity index (χ4n) is 3.95. The van der Waals surface area contributed by atoms with Crippen molar-refractivity contribution in [1.82, 2.24) is 14.8 Å². The van der Waals surface area contributed by atoms with Crippen LogP contribution in [0.1, 0.15) is 29.6 Å². The summed E-state index contributed by atoms with van der Waals surface area (Å²) in [6, 6.07) is 16.7. The standard InChI is InChI=1S/C24H25N3O/c1-6-28-21-13-11-20(12-14-21)27-17(4)22-16(3)25-26-24(23(22)18(27)5)19-9-7-15(2)8-10-19/h7-14H,6H2,1-5H3. The number of nitrogens with zero attached hydrogens (tertiary/aromatic N) is 3. The predicted octanol–water partition coefficient (Wildman–Crippen LogP) is 5.72. The summed E-state index contributed by atoms with van der Waals surface area (Å²) in [6.07, 6.45) is 0. The van der Waals surface area contributed by atoms with E-state index >= 15 is 0 Å². The van der Waals surface area contributed by atoms with E-state index in [1.165, 1.54) is 27.7 Å². The highest BCUT2D eigenvalue weighted by molar-refractivity contribution is 6.00. The summed E-state index contributed by atoms with van der Waals surface area (Å²) >= 11 is 0. The second kappa shape index (κ2) is 7.12. The van der Waals surface area contributed by atoms with Crippen LogP contribution in [0.4, 0.5) is 0 Å². The molecule has 0 saturated carbocycles. The molecule has 0 unspecified atom stereocenters. The molecule has 142 valence electrons. The Bertz CT molecular complexity index is 1140. The van der Waals surface area contributed by atoms with Gasteiger partial charge in [0.15, 0.2) is 0 Å². The van der Waals surface area contributed by atoms with Gasteiger partial charge in [-0.2, -0.15) is 5.10 Å². The summed E-state index contributed by atoms with van der Waals surface area (Å²) in [5.74, 6) is 0.887. The molecule has 2 heterocycles. The quantitative estimate of drug-likeness (QED) is 0.460. The van der Waals surface area contributed by atoms with Crippen molar-refractivity contribution in [2.24, 2.45) is 0 Å². The van der Waals surface area contributed by atoms with Crippen LogP contribution in [-0.2, 0) is 0 Å². The molecule has 0 aliphatic rings. The topological polar surface area (TPSA) is 39.9 Å². The molecule has 0 spiro atoms. The minimum Gasteiger partial charge on any atom is -0.494 e. The Labute approximate surface area is 165 Å². The van der Waals surface area contributed by atoms with Gasteiger partial charge in [0.25, 0.3) is 0 Å². The highest BCUT2D eigenvalue weighted by Crippen LogP contribution is 2.36. The molecule has 0 bridgehead atoms. The summed E-state index contributed by atoms with van der Waals surface area (Å²) in [5.41, 5.74) is 7.68. The Balaban J connectivity index is 1.95. The third-order valence-electron chi connectivity index (χ3n) is 5.27. The van der Waals surface area contributed by atoms with Crippen molar-refractivity contribution in [2.75, 3.05) is 6.61 Å². The average Bonchev–Trinajstić information content (AvgIpc) is 2.96. The molecule has 28 heavy (non-hydrogen) atoms. The average molecular weight is 371 g/mol. The normalized spacial score (nSPS) is 11.2. The van der Waals surface area contributed by atoms with Crippen LogP contribution < -0.4 is 4.74 Å². The molecule has 0 amide bonds. The van der Waals surface area contributed by atoms with Crippen molar-refractivity contribution in [3.05, 3.63) is 71.2 Å². The van der Waals surface area contributed by atoms with Gasteiger partial charge >= 0.3 is 0 Å². The maximum absolute atomic E-state index is 5.59.